The molecule has 1 aromatic rings. The molecular formula is C22H27NO7. The lowest BCUT2D eigenvalue weighted by molar-refractivity contribution is -0.137. The number of benzene rings is 1. The van der Waals surface area contributed by atoms with Gasteiger partial charge in [0, 0.05) is 37.2 Å². The molecule has 8 heteroatoms. The molecule has 1 atom stereocenters. The summed E-state index contributed by atoms with van der Waals surface area (Å²) in [4.78, 5) is 27.2. The van der Waals surface area contributed by atoms with Crippen LogP contribution in [0.4, 0.5) is 0 Å². The number of hydrogen-bond acceptors (Lipinski definition) is 8. The van der Waals surface area contributed by atoms with Crippen molar-refractivity contribution in [1.29, 1.82) is 0 Å². The lowest BCUT2D eigenvalue weighted by atomic mass is 9.82. The molecule has 162 valence electrons. The largest absolute Gasteiger partial charge is 0.497 e. The van der Waals surface area contributed by atoms with Crippen LogP contribution in [0.5, 0.6) is 11.5 Å². The van der Waals surface area contributed by atoms with Gasteiger partial charge in [-0.3, -0.25) is 0 Å². The number of esters is 2. The zero-order valence-corrected chi connectivity index (χ0v) is 17.7. The first-order chi connectivity index (χ1) is 14.5. The summed E-state index contributed by atoms with van der Waals surface area (Å²) in [7, 11) is 5.70. The second kappa shape index (κ2) is 9.67. The average molecular weight is 417 g/mol. The Hall–Kier alpha value is -3.00. The van der Waals surface area contributed by atoms with E-state index in [1.807, 2.05) is 0 Å². The average Bonchev–Trinajstić information content (AvgIpc) is 3.30. The molecule has 0 radical (unpaired) electrons. The predicted molar refractivity (Wildman–Crippen MR) is 108 cm³/mol. The van der Waals surface area contributed by atoms with Crippen LogP contribution < -0.4 is 9.47 Å². The highest BCUT2D eigenvalue weighted by Gasteiger charge is 2.37. The van der Waals surface area contributed by atoms with Gasteiger partial charge in [0.05, 0.1) is 51.6 Å². The molecule has 0 spiro atoms. The number of carbonyl (C=O) groups is 2. The van der Waals surface area contributed by atoms with Crippen molar-refractivity contribution in [3.05, 3.63) is 47.3 Å². The summed E-state index contributed by atoms with van der Waals surface area (Å²) in [5.41, 5.74) is 1.24. The van der Waals surface area contributed by atoms with Crippen LogP contribution in [0.15, 0.2) is 41.7 Å². The first-order valence-electron chi connectivity index (χ1n) is 9.71. The van der Waals surface area contributed by atoms with Crippen LogP contribution in [-0.2, 0) is 23.8 Å². The van der Waals surface area contributed by atoms with Crippen molar-refractivity contribution >= 4 is 11.9 Å². The Kier molecular flexibility index (Phi) is 6.99. The molecule has 0 saturated carbocycles. The fourth-order valence-corrected chi connectivity index (χ4v) is 3.81. The Morgan fingerprint density at radius 3 is 2.20 bits per heavy atom. The monoisotopic (exact) mass is 417 g/mol. The van der Waals surface area contributed by atoms with Gasteiger partial charge in [-0.15, -0.1) is 0 Å². The molecule has 2 heterocycles. The fourth-order valence-electron chi connectivity index (χ4n) is 3.81. The van der Waals surface area contributed by atoms with Crippen molar-refractivity contribution in [3.63, 3.8) is 0 Å². The maximum absolute atomic E-state index is 12.7. The third-order valence-electron chi connectivity index (χ3n) is 5.26. The van der Waals surface area contributed by atoms with Gasteiger partial charge in [0.25, 0.3) is 0 Å². The van der Waals surface area contributed by atoms with Gasteiger partial charge in [-0.05, 0) is 18.9 Å². The number of carbonyl (C=O) groups excluding carboxylic acids is 2. The molecule has 3 rings (SSSR count). The quantitative estimate of drug-likeness (QED) is 0.626. The van der Waals surface area contributed by atoms with E-state index in [9.17, 15) is 9.59 Å². The minimum atomic E-state index is -0.716. The van der Waals surface area contributed by atoms with Gasteiger partial charge in [0.1, 0.15) is 11.5 Å². The van der Waals surface area contributed by atoms with Crippen molar-refractivity contribution < 1.29 is 33.3 Å². The SMILES string of the molecule is COC(=O)C1=CN(C[C@H]2CCCO2)C=C(C(=O)OC)C1c1ccc(OC)cc1OC. The van der Waals surface area contributed by atoms with Crippen molar-refractivity contribution in [1.82, 2.24) is 4.90 Å². The zero-order valence-electron chi connectivity index (χ0n) is 17.7. The number of methoxy groups -OCH3 is 4. The molecular weight excluding hydrogens is 390 g/mol. The summed E-state index contributed by atoms with van der Waals surface area (Å²) in [6.45, 7) is 1.23. The van der Waals surface area contributed by atoms with Crippen molar-refractivity contribution in [2.45, 2.75) is 24.9 Å². The first kappa shape index (κ1) is 21.7. The predicted octanol–water partition coefficient (Wildman–Crippen LogP) is 2.40. The highest BCUT2D eigenvalue weighted by atomic mass is 16.5. The van der Waals surface area contributed by atoms with Gasteiger partial charge in [-0.1, -0.05) is 6.07 Å². The van der Waals surface area contributed by atoms with Gasteiger partial charge in [0.15, 0.2) is 0 Å². The standard InChI is InChI=1S/C22H27NO7/c1-26-14-7-8-16(19(10-14)27-2)20-17(21(24)28-3)12-23(11-15-6-5-9-30-15)13-18(20)22(25)29-4/h7-8,10,12-13,15,20H,5-6,9,11H2,1-4H3/t15-/m1/s1. The molecule has 0 aromatic heterocycles. The molecule has 2 aliphatic rings. The van der Waals surface area contributed by atoms with Crippen molar-refractivity contribution in [2.75, 3.05) is 41.6 Å². The summed E-state index contributed by atoms with van der Waals surface area (Å²) in [5, 5.41) is 0. The van der Waals surface area contributed by atoms with Gasteiger partial charge in [-0.2, -0.15) is 0 Å². The van der Waals surface area contributed by atoms with E-state index in [4.69, 9.17) is 23.7 Å². The van der Waals surface area contributed by atoms with E-state index < -0.39 is 17.9 Å². The van der Waals surface area contributed by atoms with Gasteiger partial charge in [-0.25, -0.2) is 9.59 Å². The molecule has 0 N–H and O–H groups in total. The Balaban J connectivity index is 2.09. The van der Waals surface area contributed by atoms with Crippen LogP contribution in [0.3, 0.4) is 0 Å². The zero-order chi connectivity index (χ0) is 21.7. The molecule has 1 fully saturated rings. The Morgan fingerprint density at radius 2 is 1.70 bits per heavy atom. The lowest BCUT2D eigenvalue weighted by Gasteiger charge is -2.31. The summed E-state index contributed by atoms with van der Waals surface area (Å²) >= 11 is 0. The van der Waals surface area contributed by atoms with E-state index >= 15 is 0 Å². The number of hydrogen-bond donors (Lipinski definition) is 0. The number of nitrogens with zero attached hydrogens (tertiary/aromatic N) is 1. The normalized spacial score (nSPS) is 19.1. The fraction of sp³-hybridized carbons (Fsp3) is 0.455. The highest BCUT2D eigenvalue weighted by Crippen LogP contribution is 2.42. The Bertz CT molecular complexity index is 821. The van der Waals surface area contributed by atoms with E-state index in [-0.39, 0.29) is 6.10 Å². The topological polar surface area (TPSA) is 83.5 Å². The van der Waals surface area contributed by atoms with Crippen LogP contribution >= 0.6 is 0 Å². The smallest absolute Gasteiger partial charge is 0.336 e. The van der Waals surface area contributed by atoms with Crippen LogP contribution in [0.25, 0.3) is 0 Å². The molecule has 8 nitrogen and oxygen atoms in total. The summed E-state index contributed by atoms with van der Waals surface area (Å²) in [5.74, 6) is -0.712. The highest BCUT2D eigenvalue weighted by molar-refractivity contribution is 5.98. The third-order valence-corrected chi connectivity index (χ3v) is 5.26. The van der Waals surface area contributed by atoms with Gasteiger partial charge < -0.3 is 28.6 Å². The molecule has 0 amide bonds. The second-order valence-corrected chi connectivity index (χ2v) is 7.02. The molecule has 0 unspecified atom stereocenters. The first-order valence-corrected chi connectivity index (χ1v) is 9.71. The summed E-state index contributed by atoms with van der Waals surface area (Å²) in [6, 6.07) is 5.23. The molecule has 1 aromatic carbocycles. The summed E-state index contributed by atoms with van der Waals surface area (Å²) in [6.07, 6.45) is 5.35. The Labute approximate surface area is 176 Å². The molecule has 0 bridgehead atoms. The van der Waals surface area contributed by atoms with E-state index in [1.54, 1.807) is 42.6 Å². The molecule has 0 aliphatic carbocycles. The number of ether oxygens (including phenoxy) is 5. The number of rotatable bonds is 7. The van der Waals surface area contributed by atoms with E-state index in [2.05, 4.69) is 0 Å². The van der Waals surface area contributed by atoms with E-state index in [0.717, 1.165) is 12.8 Å². The van der Waals surface area contributed by atoms with Crippen LogP contribution in [0.1, 0.15) is 24.3 Å². The van der Waals surface area contributed by atoms with Crippen LogP contribution in [-0.4, -0.2) is 64.5 Å². The van der Waals surface area contributed by atoms with E-state index in [1.165, 1.54) is 21.3 Å². The van der Waals surface area contributed by atoms with Crippen molar-refractivity contribution in [2.24, 2.45) is 0 Å². The molecule has 2 aliphatic heterocycles. The minimum absolute atomic E-state index is 0.0300. The summed E-state index contributed by atoms with van der Waals surface area (Å²) < 4.78 is 26.6. The second-order valence-electron chi connectivity index (χ2n) is 7.02. The molecule has 30 heavy (non-hydrogen) atoms. The van der Waals surface area contributed by atoms with Gasteiger partial charge in [0.2, 0.25) is 0 Å². The lowest BCUT2D eigenvalue weighted by Crippen LogP contribution is -2.32. The maximum atomic E-state index is 12.7. The van der Waals surface area contributed by atoms with Crippen molar-refractivity contribution in [3.8, 4) is 11.5 Å². The third kappa shape index (κ3) is 4.43. The maximum Gasteiger partial charge on any atom is 0.336 e. The van der Waals surface area contributed by atoms with Crippen LogP contribution in [0, 0.1) is 0 Å². The minimum Gasteiger partial charge on any atom is -0.497 e. The molecule has 1 saturated heterocycles. The Morgan fingerprint density at radius 1 is 1.03 bits per heavy atom. The van der Waals surface area contributed by atoms with Crippen LogP contribution in [0.2, 0.25) is 0 Å². The van der Waals surface area contributed by atoms with E-state index in [0.29, 0.717) is 41.4 Å². The van der Waals surface area contributed by atoms with Gasteiger partial charge >= 0.3 is 11.9 Å².